The van der Waals surface area contributed by atoms with Gasteiger partial charge in [0, 0.05) is 13.1 Å². The van der Waals surface area contributed by atoms with Crippen LogP contribution >= 0.6 is 0 Å². The van der Waals surface area contributed by atoms with Gasteiger partial charge in [0.2, 0.25) is 11.8 Å². The van der Waals surface area contributed by atoms with Crippen LogP contribution in [0.4, 0.5) is 0 Å². The zero-order valence-corrected chi connectivity index (χ0v) is 30.0. The Labute approximate surface area is 296 Å². The van der Waals surface area contributed by atoms with Gasteiger partial charge in [-0.15, -0.1) is 0 Å². The highest BCUT2D eigenvalue weighted by atomic mass is 16.2. The fourth-order valence-corrected chi connectivity index (χ4v) is 7.35. The van der Waals surface area contributed by atoms with Crippen LogP contribution in [0.5, 0.6) is 0 Å². The second-order valence-electron chi connectivity index (χ2n) is 14.6. The lowest BCUT2D eigenvalue weighted by atomic mass is 9.99. The Bertz CT molecular complexity index is 1630. The zero-order valence-electron chi connectivity index (χ0n) is 30.0. The Morgan fingerprint density at radius 2 is 1.32 bits per heavy atom. The number of aliphatic imine (C=N–C) groups is 1. The van der Waals surface area contributed by atoms with Gasteiger partial charge in [0.05, 0.1) is 48.6 Å². The minimum absolute atomic E-state index is 0.00292. The van der Waals surface area contributed by atoms with Crippen LogP contribution in [-0.4, -0.2) is 126 Å². The number of nitrogens with zero attached hydrogens (tertiary/aromatic N) is 6. The topological polar surface area (TPSA) is 152 Å². The maximum absolute atomic E-state index is 13.2. The van der Waals surface area contributed by atoms with Gasteiger partial charge in [0.15, 0.2) is 0 Å². The van der Waals surface area contributed by atoms with E-state index in [1.807, 2.05) is 49.1 Å². The van der Waals surface area contributed by atoms with Crippen LogP contribution in [0.3, 0.4) is 0 Å². The van der Waals surface area contributed by atoms with E-state index in [0.29, 0.717) is 25.9 Å². The van der Waals surface area contributed by atoms with Crippen molar-refractivity contribution in [2.45, 2.75) is 68.7 Å². The molecule has 4 heterocycles. The minimum atomic E-state index is -0.503. The molecule has 3 aliphatic heterocycles. The van der Waals surface area contributed by atoms with Gasteiger partial charge in [0.25, 0.3) is 0 Å². The fraction of sp³-hybridized carbons (Fsp3) is 0.526. The number of nitrogens with two attached hydrogens (primary N) is 2. The lowest BCUT2D eigenvalue weighted by Gasteiger charge is -2.28. The summed E-state index contributed by atoms with van der Waals surface area (Å²) in [5.41, 5.74) is 18.0. The number of imidazole rings is 1. The van der Waals surface area contributed by atoms with Crippen LogP contribution in [0.2, 0.25) is 0 Å². The molecule has 1 unspecified atom stereocenters. The maximum atomic E-state index is 13.2. The van der Waals surface area contributed by atoms with Gasteiger partial charge < -0.3 is 41.4 Å². The van der Waals surface area contributed by atoms with Gasteiger partial charge in [-0.05, 0) is 102 Å². The fourth-order valence-electron chi connectivity index (χ4n) is 7.35. The summed E-state index contributed by atoms with van der Waals surface area (Å²) >= 11 is 0. The standard InChI is InChI=1S/C38H54N10O2/c1-45(2)21-17-29(39)37(49)47-19-5-7-33(47)35-41-23-31(43-35)27-13-9-25(10-14-27)26-11-15-28(16-12-26)32-24-42-36(44-32)34-8-6-20-48(34)38(50)30(40)18-22-46(3)4/h9-16,23,29-30,32-34H,5-8,17-22,24,39-40H2,1-4H3,(H,41,43)(H,42,44)/t29-,30-,32?,33-,34-/m0/s1. The summed E-state index contributed by atoms with van der Waals surface area (Å²) in [4.78, 5) is 47.3. The molecule has 6 N–H and O–H groups in total. The molecule has 0 bridgehead atoms. The van der Waals surface area contributed by atoms with E-state index in [0.717, 1.165) is 79.4 Å². The molecule has 5 atom stereocenters. The smallest absolute Gasteiger partial charge is 0.240 e. The number of carbonyl (C=O) groups is 2. The molecular weight excluding hydrogens is 628 g/mol. The third-order valence-electron chi connectivity index (χ3n) is 10.3. The van der Waals surface area contributed by atoms with E-state index in [4.69, 9.17) is 21.4 Å². The zero-order chi connectivity index (χ0) is 35.4. The first-order valence-electron chi connectivity index (χ1n) is 18.1. The lowest BCUT2D eigenvalue weighted by Crippen LogP contribution is -2.51. The number of H-pyrrole nitrogens is 1. The molecule has 3 aromatic rings. The number of aromatic nitrogens is 2. The summed E-state index contributed by atoms with van der Waals surface area (Å²) in [5, 5.41) is 3.62. The van der Waals surface area contributed by atoms with Crippen molar-refractivity contribution >= 4 is 17.6 Å². The SMILES string of the molecule is CN(C)CC[C@H](N)C(=O)N1CCC[C@H]1C1=NCC(c2ccc(-c3ccc(-c4cnc([C@@H]5CCCN5C(=O)[C@@H](N)CCN(C)C)[nH]4)cc3)cc2)N1. The van der Waals surface area contributed by atoms with Crippen molar-refractivity contribution in [3.8, 4) is 22.4 Å². The number of nitrogens with one attached hydrogen (secondary N) is 2. The molecule has 2 amide bonds. The van der Waals surface area contributed by atoms with E-state index >= 15 is 0 Å². The first-order chi connectivity index (χ1) is 24.1. The van der Waals surface area contributed by atoms with Crippen LogP contribution < -0.4 is 16.8 Å². The highest BCUT2D eigenvalue weighted by molar-refractivity contribution is 5.94. The molecule has 2 fully saturated rings. The number of hydrogen-bond donors (Lipinski definition) is 4. The van der Waals surface area contributed by atoms with Crippen molar-refractivity contribution in [1.29, 1.82) is 0 Å². The van der Waals surface area contributed by atoms with Crippen LogP contribution in [0, 0.1) is 0 Å². The number of aromatic amines is 1. The molecule has 0 saturated carbocycles. The predicted octanol–water partition coefficient (Wildman–Crippen LogP) is 3.00. The molecule has 3 aliphatic rings. The third-order valence-corrected chi connectivity index (χ3v) is 10.3. The molecule has 268 valence electrons. The Balaban J connectivity index is 1.04. The number of amidine groups is 1. The summed E-state index contributed by atoms with van der Waals surface area (Å²) in [5.74, 6) is 1.74. The van der Waals surface area contributed by atoms with Gasteiger partial charge in [-0.3, -0.25) is 14.6 Å². The van der Waals surface area contributed by atoms with Crippen molar-refractivity contribution in [3.63, 3.8) is 0 Å². The second-order valence-corrected chi connectivity index (χ2v) is 14.6. The largest absolute Gasteiger partial charge is 0.363 e. The first-order valence-corrected chi connectivity index (χ1v) is 18.1. The van der Waals surface area contributed by atoms with Crippen molar-refractivity contribution < 1.29 is 9.59 Å². The molecule has 12 heteroatoms. The van der Waals surface area contributed by atoms with E-state index in [1.165, 1.54) is 5.56 Å². The monoisotopic (exact) mass is 682 g/mol. The van der Waals surface area contributed by atoms with Crippen LogP contribution in [-0.2, 0) is 9.59 Å². The highest BCUT2D eigenvalue weighted by Crippen LogP contribution is 2.33. The number of hydrogen-bond acceptors (Lipinski definition) is 9. The van der Waals surface area contributed by atoms with Crippen molar-refractivity contribution in [2.24, 2.45) is 16.5 Å². The number of carbonyl (C=O) groups excluding carboxylic acids is 2. The highest BCUT2D eigenvalue weighted by Gasteiger charge is 2.37. The summed E-state index contributed by atoms with van der Waals surface area (Å²) in [6.45, 7) is 3.65. The number of rotatable bonds is 13. The van der Waals surface area contributed by atoms with Crippen LogP contribution in [0.15, 0.2) is 59.7 Å². The summed E-state index contributed by atoms with van der Waals surface area (Å²) in [6, 6.07) is 16.1. The minimum Gasteiger partial charge on any atom is -0.363 e. The molecule has 1 aromatic heterocycles. The Kier molecular flexibility index (Phi) is 11.3. The predicted molar refractivity (Wildman–Crippen MR) is 198 cm³/mol. The summed E-state index contributed by atoms with van der Waals surface area (Å²) in [6.07, 6.45) is 6.83. The molecular formula is C38H54N10O2. The molecule has 2 saturated heterocycles. The van der Waals surface area contributed by atoms with Gasteiger partial charge in [-0.2, -0.15) is 0 Å². The molecule has 12 nitrogen and oxygen atoms in total. The van der Waals surface area contributed by atoms with E-state index in [2.05, 4.69) is 63.7 Å². The molecule has 0 radical (unpaired) electrons. The summed E-state index contributed by atoms with van der Waals surface area (Å²) in [7, 11) is 7.97. The van der Waals surface area contributed by atoms with Gasteiger partial charge in [0.1, 0.15) is 11.7 Å². The molecule has 6 rings (SSSR count). The van der Waals surface area contributed by atoms with E-state index in [-0.39, 0.29) is 29.9 Å². The van der Waals surface area contributed by atoms with Crippen molar-refractivity contribution in [1.82, 2.24) is 34.9 Å². The number of amides is 2. The maximum Gasteiger partial charge on any atom is 0.240 e. The van der Waals surface area contributed by atoms with Gasteiger partial charge in [-0.25, -0.2) is 4.98 Å². The van der Waals surface area contributed by atoms with Gasteiger partial charge >= 0.3 is 0 Å². The average molecular weight is 683 g/mol. The number of likely N-dealkylation sites (tertiary alicyclic amines) is 2. The molecule has 50 heavy (non-hydrogen) atoms. The normalized spacial score (nSPS) is 21.9. The average Bonchev–Trinajstić information content (AvgIpc) is 3.95. The van der Waals surface area contributed by atoms with Gasteiger partial charge in [-0.1, -0.05) is 48.5 Å². The van der Waals surface area contributed by atoms with Crippen LogP contribution in [0.25, 0.3) is 22.4 Å². The van der Waals surface area contributed by atoms with Crippen molar-refractivity contribution in [3.05, 3.63) is 66.1 Å². The Hall–Kier alpha value is -4.10. The second kappa shape index (κ2) is 15.8. The quantitative estimate of drug-likeness (QED) is 0.215. The Morgan fingerprint density at radius 3 is 1.90 bits per heavy atom. The molecule has 0 aliphatic carbocycles. The van der Waals surface area contributed by atoms with E-state index in [9.17, 15) is 9.59 Å². The molecule has 2 aromatic carbocycles. The molecule has 0 spiro atoms. The van der Waals surface area contributed by atoms with E-state index in [1.54, 1.807) is 0 Å². The van der Waals surface area contributed by atoms with Crippen LogP contribution in [0.1, 0.15) is 62.0 Å². The van der Waals surface area contributed by atoms with E-state index < -0.39 is 12.1 Å². The Morgan fingerprint density at radius 1 is 0.800 bits per heavy atom. The lowest BCUT2D eigenvalue weighted by molar-refractivity contribution is -0.134. The summed E-state index contributed by atoms with van der Waals surface area (Å²) < 4.78 is 0. The third kappa shape index (κ3) is 8.10. The van der Waals surface area contributed by atoms with Crippen molar-refractivity contribution in [2.75, 3.05) is 60.9 Å². The first kappa shape index (κ1) is 35.7. The number of benzene rings is 2.